The molecule has 9 atom stereocenters. The Morgan fingerprint density at radius 1 is 1.10 bits per heavy atom. The van der Waals surface area contributed by atoms with Gasteiger partial charge in [-0.3, -0.25) is 4.79 Å². The quantitative estimate of drug-likeness (QED) is 0.509. The van der Waals surface area contributed by atoms with Crippen molar-refractivity contribution < 1.29 is 9.90 Å². The zero-order valence-electron chi connectivity index (χ0n) is 19.9. The number of aliphatic hydroxyl groups excluding tert-OH is 1. The van der Waals surface area contributed by atoms with Crippen LogP contribution < -0.4 is 0 Å². The van der Waals surface area contributed by atoms with Crippen LogP contribution in [-0.2, 0) is 4.79 Å². The summed E-state index contributed by atoms with van der Waals surface area (Å²) in [7, 11) is 0. The number of Topliss-reactive ketones (excluding diaryl/α,β-unsaturated/α-hetero) is 1. The monoisotopic (exact) mass is 412 g/mol. The third kappa shape index (κ3) is 3.18. The van der Waals surface area contributed by atoms with E-state index in [-0.39, 0.29) is 11.5 Å². The molecular formula is C28H44O2. The summed E-state index contributed by atoms with van der Waals surface area (Å²) in [4.78, 5) is 12.1. The molecule has 4 saturated carbocycles. The summed E-state index contributed by atoms with van der Waals surface area (Å²) in [5, 5.41) is 9.86. The Kier molecular flexibility index (Phi) is 5.09. The third-order valence-corrected chi connectivity index (χ3v) is 11.4. The molecule has 0 heterocycles. The molecule has 5 aliphatic carbocycles. The molecule has 5 rings (SSSR count). The minimum absolute atomic E-state index is 0.0324. The zero-order chi connectivity index (χ0) is 21.3. The van der Waals surface area contributed by atoms with E-state index in [1.54, 1.807) is 0 Å². The first-order valence-corrected chi connectivity index (χ1v) is 13.1. The number of allylic oxidation sites excluding steroid dienone is 2. The van der Waals surface area contributed by atoms with Crippen LogP contribution in [0.25, 0.3) is 0 Å². The zero-order valence-corrected chi connectivity index (χ0v) is 19.9. The molecule has 168 valence electrons. The maximum atomic E-state index is 12.1. The summed E-state index contributed by atoms with van der Waals surface area (Å²) in [5.41, 5.74) is 2.92. The first kappa shape index (κ1) is 21.2. The lowest BCUT2D eigenvalue weighted by Gasteiger charge is -2.57. The van der Waals surface area contributed by atoms with E-state index >= 15 is 0 Å². The fourth-order valence-electron chi connectivity index (χ4n) is 8.96. The molecule has 4 fully saturated rings. The largest absolute Gasteiger partial charge is 0.393 e. The lowest BCUT2D eigenvalue weighted by atomic mass is 9.47. The minimum Gasteiger partial charge on any atom is -0.393 e. The summed E-state index contributed by atoms with van der Waals surface area (Å²) in [6.07, 6.45) is 16.9. The SMILES string of the molecule is CC(CCC[C@]1(C)CC1O)[C@H]1CCC2C3=CC[C@H]4CC(=O)CC[C@]4(C)C3CC[C@@]21C. The Labute approximate surface area is 184 Å². The van der Waals surface area contributed by atoms with Crippen LogP contribution in [0, 0.1) is 45.8 Å². The standard InChI is InChI=1S/C28H44O2/c1-18(6-5-13-26(2)17-25(26)30)22-9-10-23-21-8-7-19-16-20(29)11-14-27(19,3)24(21)12-15-28(22,23)4/h8,18-19,22-25,30H,5-7,9-17H2,1-4H3/t18?,19-,22+,23?,24?,25?,26+,27-,28+/m0/s1. The topological polar surface area (TPSA) is 37.3 Å². The lowest BCUT2D eigenvalue weighted by Crippen LogP contribution is -2.49. The second-order valence-electron chi connectivity index (χ2n) is 13.0. The van der Waals surface area contributed by atoms with Gasteiger partial charge in [0.05, 0.1) is 6.10 Å². The van der Waals surface area contributed by atoms with Gasteiger partial charge in [0.25, 0.3) is 0 Å². The van der Waals surface area contributed by atoms with E-state index in [0.717, 1.165) is 55.8 Å². The Balaban J connectivity index is 1.28. The number of rotatable bonds is 5. The number of fused-ring (bicyclic) bond motifs is 5. The molecule has 0 spiro atoms. The van der Waals surface area contributed by atoms with Gasteiger partial charge in [0, 0.05) is 12.8 Å². The Morgan fingerprint density at radius 3 is 2.57 bits per heavy atom. The number of ketones is 1. The highest BCUT2D eigenvalue weighted by atomic mass is 16.3. The Morgan fingerprint density at radius 2 is 1.83 bits per heavy atom. The second-order valence-corrected chi connectivity index (χ2v) is 13.0. The summed E-state index contributed by atoms with van der Waals surface area (Å²) in [6, 6.07) is 0. The van der Waals surface area contributed by atoms with Crippen molar-refractivity contribution >= 4 is 5.78 Å². The number of aliphatic hydroxyl groups is 1. The second kappa shape index (κ2) is 7.19. The molecule has 0 radical (unpaired) electrons. The maximum Gasteiger partial charge on any atom is 0.133 e. The van der Waals surface area contributed by atoms with Crippen LogP contribution in [0.2, 0.25) is 0 Å². The van der Waals surface area contributed by atoms with Gasteiger partial charge in [0.1, 0.15) is 5.78 Å². The average Bonchev–Trinajstić information content (AvgIpc) is 3.13. The van der Waals surface area contributed by atoms with Gasteiger partial charge in [-0.25, -0.2) is 0 Å². The van der Waals surface area contributed by atoms with Gasteiger partial charge in [0.2, 0.25) is 0 Å². The van der Waals surface area contributed by atoms with E-state index in [4.69, 9.17) is 0 Å². The van der Waals surface area contributed by atoms with E-state index in [9.17, 15) is 9.90 Å². The van der Waals surface area contributed by atoms with Gasteiger partial charge in [-0.1, -0.05) is 52.2 Å². The summed E-state index contributed by atoms with van der Waals surface area (Å²) < 4.78 is 0. The van der Waals surface area contributed by atoms with E-state index in [1.807, 2.05) is 5.57 Å². The molecule has 4 unspecified atom stereocenters. The highest BCUT2D eigenvalue weighted by molar-refractivity contribution is 5.79. The van der Waals surface area contributed by atoms with Crippen LogP contribution in [-0.4, -0.2) is 17.0 Å². The Bertz CT molecular complexity index is 739. The number of hydrogen-bond donors (Lipinski definition) is 1. The molecule has 0 aromatic heterocycles. The van der Waals surface area contributed by atoms with Gasteiger partial charge < -0.3 is 5.11 Å². The van der Waals surface area contributed by atoms with Crippen molar-refractivity contribution in [2.24, 2.45) is 45.8 Å². The fourth-order valence-corrected chi connectivity index (χ4v) is 8.96. The molecule has 0 bridgehead atoms. The van der Waals surface area contributed by atoms with Crippen molar-refractivity contribution in [1.29, 1.82) is 0 Å². The van der Waals surface area contributed by atoms with Crippen LogP contribution in [0.1, 0.15) is 105 Å². The molecule has 0 saturated heterocycles. The van der Waals surface area contributed by atoms with Crippen molar-refractivity contribution in [3.63, 3.8) is 0 Å². The molecule has 0 aliphatic heterocycles. The van der Waals surface area contributed by atoms with Crippen LogP contribution in [0.5, 0.6) is 0 Å². The van der Waals surface area contributed by atoms with Gasteiger partial charge >= 0.3 is 0 Å². The maximum absolute atomic E-state index is 12.1. The van der Waals surface area contributed by atoms with E-state index in [2.05, 4.69) is 33.8 Å². The molecule has 2 heteroatoms. The van der Waals surface area contributed by atoms with Gasteiger partial charge in [-0.2, -0.15) is 0 Å². The average molecular weight is 413 g/mol. The van der Waals surface area contributed by atoms with Gasteiger partial charge in [-0.15, -0.1) is 0 Å². The number of carbonyl (C=O) groups is 1. The van der Waals surface area contributed by atoms with Crippen molar-refractivity contribution in [2.45, 2.75) is 111 Å². The molecular weight excluding hydrogens is 368 g/mol. The van der Waals surface area contributed by atoms with E-state index < -0.39 is 0 Å². The first-order valence-electron chi connectivity index (χ1n) is 13.1. The fraction of sp³-hybridized carbons (Fsp3) is 0.893. The highest BCUT2D eigenvalue weighted by Gasteiger charge is 2.58. The van der Waals surface area contributed by atoms with Crippen molar-refractivity contribution in [2.75, 3.05) is 0 Å². The van der Waals surface area contributed by atoms with Crippen molar-refractivity contribution in [1.82, 2.24) is 0 Å². The molecule has 5 aliphatic rings. The normalized spacial score (nSPS) is 50.9. The number of hydrogen-bond acceptors (Lipinski definition) is 2. The van der Waals surface area contributed by atoms with Gasteiger partial charge in [0.15, 0.2) is 0 Å². The van der Waals surface area contributed by atoms with Crippen LogP contribution in [0.3, 0.4) is 0 Å². The van der Waals surface area contributed by atoms with Crippen LogP contribution in [0.15, 0.2) is 11.6 Å². The van der Waals surface area contributed by atoms with Gasteiger partial charge in [-0.05, 0) is 97.2 Å². The predicted molar refractivity (Wildman–Crippen MR) is 122 cm³/mol. The molecule has 30 heavy (non-hydrogen) atoms. The van der Waals surface area contributed by atoms with Crippen molar-refractivity contribution in [3.05, 3.63) is 11.6 Å². The van der Waals surface area contributed by atoms with Crippen molar-refractivity contribution in [3.8, 4) is 0 Å². The third-order valence-electron chi connectivity index (χ3n) is 11.4. The summed E-state index contributed by atoms with van der Waals surface area (Å²) >= 11 is 0. The molecule has 2 nitrogen and oxygen atoms in total. The predicted octanol–water partition coefficient (Wildman–Crippen LogP) is 6.71. The molecule has 0 aromatic carbocycles. The van der Waals surface area contributed by atoms with E-state index in [1.165, 1.54) is 44.9 Å². The minimum atomic E-state index is -0.0324. The Hall–Kier alpha value is -0.630. The van der Waals surface area contributed by atoms with Crippen LogP contribution >= 0.6 is 0 Å². The first-order chi connectivity index (χ1) is 14.2. The summed E-state index contributed by atoms with van der Waals surface area (Å²) in [6.45, 7) is 9.95. The molecule has 0 amide bonds. The number of carbonyl (C=O) groups excluding carboxylic acids is 1. The molecule has 0 aromatic rings. The lowest BCUT2D eigenvalue weighted by molar-refractivity contribution is -0.127. The van der Waals surface area contributed by atoms with Crippen LogP contribution in [0.4, 0.5) is 0 Å². The summed E-state index contributed by atoms with van der Waals surface area (Å²) in [5.74, 6) is 4.31. The molecule has 1 N–H and O–H groups in total. The smallest absolute Gasteiger partial charge is 0.133 e. The highest BCUT2D eigenvalue weighted by Crippen LogP contribution is 2.66. The van der Waals surface area contributed by atoms with E-state index in [0.29, 0.717) is 22.5 Å².